The predicted molar refractivity (Wildman–Crippen MR) is 128 cm³/mol. The molecule has 3 heterocycles. The van der Waals surface area contributed by atoms with Crippen LogP contribution in [0.1, 0.15) is 23.8 Å². The Bertz CT molecular complexity index is 1070. The molecule has 0 bridgehead atoms. The van der Waals surface area contributed by atoms with Crippen LogP contribution in [-0.2, 0) is 22.4 Å². The molecule has 32 heavy (non-hydrogen) atoms. The van der Waals surface area contributed by atoms with E-state index in [1.807, 2.05) is 24.3 Å². The summed E-state index contributed by atoms with van der Waals surface area (Å²) in [4.78, 5) is 17.1. The first-order valence-corrected chi connectivity index (χ1v) is 12.7. The smallest absolute Gasteiger partial charge is 0.277 e. The van der Waals surface area contributed by atoms with E-state index in [0.717, 1.165) is 61.3 Å². The number of amides is 1. The molecule has 168 valence electrons. The van der Waals surface area contributed by atoms with Gasteiger partial charge in [0.05, 0.1) is 23.8 Å². The second kappa shape index (κ2) is 9.64. The minimum absolute atomic E-state index is 0.102. The van der Waals surface area contributed by atoms with Gasteiger partial charge in [-0.05, 0) is 61.1 Å². The van der Waals surface area contributed by atoms with Gasteiger partial charge in [-0.3, -0.25) is 4.79 Å². The van der Waals surface area contributed by atoms with Gasteiger partial charge in [0.1, 0.15) is 0 Å². The van der Waals surface area contributed by atoms with Crippen molar-refractivity contribution in [1.29, 1.82) is 0 Å². The molecular weight excluding hydrogens is 444 g/mol. The Morgan fingerprint density at radius 1 is 1.25 bits per heavy atom. The average Bonchev–Trinajstić information content (AvgIpc) is 3.45. The quantitative estimate of drug-likeness (QED) is 0.532. The molecule has 0 spiro atoms. The highest BCUT2D eigenvalue weighted by Crippen LogP contribution is 2.37. The fraction of sp³-hybridized carbons (Fsp3) is 0.435. The van der Waals surface area contributed by atoms with Gasteiger partial charge in [-0.15, -0.1) is 21.5 Å². The summed E-state index contributed by atoms with van der Waals surface area (Å²) in [5.74, 6) is 1.38. The van der Waals surface area contributed by atoms with Gasteiger partial charge in [0.25, 0.3) is 11.1 Å². The molecule has 1 atom stereocenters. The summed E-state index contributed by atoms with van der Waals surface area (Å²) in [6.07, 6.45) is 3.49. The van der Waals surface area contributed by atoms with Crippen molar-refractivity contribution in [3.05, 3.63) is 40.8 Å². The number of ether oxygens (including phenoxy) is 1. The third-order valence-corrected chi connectivity index (χ3v) is 7.84. The summed E-state index contributed by atoms with van der Waals surface area (Å²) in [5, 5.41) is 11.6. The highest BCUT2D eigenvalue weighted by molar-refractivity contribution is 7.99. The van der Waals surface area contributed by atoms with Crippen LogP contribution in [-0.4, -0.2) is 48.2 Å². The Hall–Kier alpha value is -2.36. The number of hydrogen-bond acceptors (Lipinski definition) is 8. The number of thiophene rings is 1. The van der Waals surface area contributed by atoms with Crippen molar-refractivity contribution < 1.29 is 13.9 Å². The molecule has 1 aliphatic heterocycles. The zero-order chi connectivity index (χ0) is 21.9. The lowest BCUT2D eigenvalue weighted by Gasteiger charge is -2.28. The predicted octanol–water partition coefficient (Wildman–Crippen LogP) is 4.49. The van der Waals surface area contributed by atoms with E-state index >= 15 is 0 Å². The summed E-state index contributed by atoms with van der Waals surface area (Å²) in [7, 11) is 0. The molecule has 1 N–H and O–H groups in total. The topological polar surface area (TPSA) is 80.5 Å². The molecule has 1 aliphatic carbocycles. The third kappa shape index (κ3) is 5.00. The maximum atomic E-state index is 12.4. The molecule has 1 saturated heterocycles. The highest BCUT2D eigenvalue weighted by Gasteiger charge is 2.21. The monoisotopic (exact) mass is 470 g/mol. The van der Waals surface area contributed by atoms with Gasteiger partial charge < -0.3 is 19.4 Å². The second-order valence-corrected chi connectivity index (χ2v) is 10.3. The van der Waals surface area contributed by atoms with Gasteiger partial charge in [-0.1, -0.05) is 18.7 Å². The molecule has 7 nitrogen and oxygen atoms in total. The van der Waals surface area contributed by atoms with Crippen molar-refractivity contribution in [2.45, 2.75) is 31.4 Å². The number of carbonyl (C=O) groups is 1. The lowest BCUT2D eigenvalue weighted by Crippen LogP contribution is -2.36. The molecule has 3 aromatic rings. The Balaban J connectivity index is 1.14. The third-order valence-electron chi connectivity index (χ3n) is 5.80. The molecule has 0 saturated carbocycles. The van der Waals surface area contributed by atoms with E-state index in [9.17, 15) is 4.79 Å². The van der Waals surface area contributed by atoms with Crippen LogP contribution in [0, 0.1) is 5.92 Å². The number of thioether (sulfide) groups is 1. The number of aromatic nitrogens is 2. The fourth-order valence-electron chi connectivity index (χ4n) is 4.08. The zero-order valence-corrected chi connectivity index (χ0v) is 19.6. The Morgan fingerprint density at radius 2 is 2.06 bits per heavy atom. The second-order valence-electron chi connectivity index (χ2n) is 8.26. The maximum absolute atomic E-state index is 12.4. The zero-order valence-electron chi connectivity index (χ0n) is 18.0. The standard InChI is InChI=1S/C23H26N4O3S2/c1-15-2-7-19-16(12-15)13-20(32-19)22-25-26-23(30-22)31-14-21(28)24-17-3-5-18(6-4-17)27-8-10-29-11-9-27/h3-6,13,15H,2,7-12,14H2,1H3,(H,24,28)/t15-/m0/s1. The summed E-state index contributed by atoms with van der Waals surface area (Å²) in [5.41, 5.74) is 3.33. The van der Waals surface area contributed by atoms with Crippen LogP contribution in [0.2, 0.25) is 0 Å². The Labute approximate surface area is 195 Å². The molecule has 2 aromatic heterocycles. The van der Waals surface area contributed by atoms with Gasteiger partial charge in [-0.25, -0.2) is 0 Å². The van der Waals surface area contributed by atoms with Crippen molar-refractivity contribution in [1.82, 2.24) is 10.2 Å². The van der Waals surface area contributed by atoms with Crippen LogP contribution in [0.15, 0.2) is 40.0 Å². The van der Waals surface area contributed by atoms with Crippen LogP contribution in [0.25, 0.3) is 10.8 Å². The van der Waals surface area contributed by atoms with Crippen molar-refractivity contribution >= 4 is 40.4 Å². The van der Waals surface area contributed by atoms with E-state index in [4.69, 9.17) is 9.15 Å². The maximum Gasteiger partial charge on any atom is 0.277 e. The van der Waals surface area contributed by atoms with E-state index < -0.39 is 0 Å². The minimum atomic E-state index is -0.102. The lowest BCUT2D eigenvalue weighted by atomic mass is 9.90. The number of carbonyl (C=O) groups excluding carboxylic acids is 1. The van der Waals surface area contributed by atoms with Crippen molar-refractivity contribution in [3.8, 4) is 10.8 Å². The van der Waals surface area contributed by atoms with Crippen LogP contribution < -0.4 is 10.2 Å². The van der Waals surface area contributed by atoms with E-state index in [0.29, 0.717) is 11.1 Å². The van der Waals surface area contributed by atoms with Gasteiger partial charge >= 0.3 is 0 Å². The molecule has 0 radical (unpaired) electrons. The summed E-state index contributed by atoms with van der Waals surface area (Å²) in [6.45, 7) is 5.58. The van der Waals surface area contributed by atoms with Crippen LogP contribution >= 0.6 is 23.1 Å². The van der Waals surface area contributed by atoms with E-state index in [1.54, 1.807) is 11.3 Å². The van der Waals surface area contributed by atoms with Gasteiger partial charge in [0, 0.05) is 29.3 Å². The van der Waals surface area contributed by atoms with Crippen LogP contribution in [0.5, 0.6) is 0 Å². The minimum Gasteiger partial charge on any atom is -0.410 e. The van der Waals surface area contributed by atoms with E-state index in [-0.39, 0.29) is 11.7 Å². The number of anilines is 2. The molecule has 9 heteroatoms. The molecular formula is C23H26N4O3S2. The van der Waals surface area contributed by atoms with Crippen molar-refractivity contribution in [2.75, 3.05) is 42.3 Å². The summed E-state index contributed by atoms with van der Waals surface area (Å²) >= 11 is 3.00. The lowest BCUT2D eigenvalue weighted by molar-refractivity contribution is -0.113. The van der Waals surface area contributed by atoms with Crippen molar-refractivity contribution in [3.63, 3.8) is 0 Å². The number of aryl methyl sites for hydroxylation is 1. The Kier molecular flexibility index (Phi) is 6.47. The van der Waals surface area contributed by atoms with E-state index in [1.165, 1.54) is 28.6 Å². The van der Waals surface area contributed by atoms with Crippen LogP contribution in [0.4, 0.5) is 11.4 Å². The molecule has 1 fully saturated rings. The first kappa shape index (κ1) is 21.5. The SMILES string of the molecule is C[C@H]1CCc2sc(-c3nnc(SCC(=O)Nc4ccc(N5CCOCC5)cc4)o3)cc2C1. The van der Waals surface area contributed by atoms with Crippen molar-refractivity contribution in [2.24, 2.45) is 5.92 Å². The normalized spacial score (nSPS) is 18.4. The number of rotatable bonds is 6. The van der Waals surface area contributed by atoms with Gasteiger partial charge in [-0.2, -0.15) is 0 Å². The largest absolute Gasteiger partial charge is 0.410 e. The van der Waals surface area contributed by atoms with Gasteiger partial charge in [0.15, 0.2) is 0 Å². The molecule has 2 aliphatic rings. The first-order valence-electron chi connectivity index (χ1n) is 10.9. The molecule has 1 amide bonds. The molecule has 0 unspecified atom stereocenters. The summed E-state index contributed by atoms with van der Waals surface area (Å²) < 4.78 is 11.2. The fourth-order valence-corrected chi connectivity index (χ4v) is 5.77. The summed E-state index contributed by atoms with van der Waals surface area (Å²) in [6, 6.07) is 10.1. The van der Waals surface area contributed by atoms with Gasteiger partial charge in [0.2, 0.25) is 5.91 Å². The first-order chi connectivity index (χ1) is 15.6. The number of nitrogens with one attached hydrogen (secondary N) is 1. The average molecular weight is 471 g/mol. The number of benzene rings is 1. The highest BCUT2D eigenvalue weighted by atomic mass is 32.2. The number of hydrogen-bond donors (Lipinski definition) is 1. The van der Waals surface area contributed by atoms with E-state index in [2.05, 4.69) is 33.4 Å². The number of fused-ring (bicyclic) bond motifs is 1. The Morgan fingerprint density at radius 3 is 2.88 bits per heavy atom. The molecule has 1 aromatic carbocycles. The van der Waals surface area contributed by atoms with Crippen LogP contribution in [0.3, 0.4) is 0 Å². The number of morpholine rings is 1. The molecule has 5 rings (SSSR count). The number of nitrogens with zero attached hydrogens (tertiary/aromatic N) is 3.